The second-order valence-corrected chi connectivity index (χ2v) is 7.94. The van der Waals surface area contributed by atoms with E-state index in [0.29, 0.717) is 23.9 Å². The summed E-state index contributed by atoms with van der Waals surface area (Å²) in [6.07, 6.45) is 4.73. The number of rotatable bonds is 3. The van der Waals surface area contributed by atoms with Crippen molar-refractivity contribution < 1.29 is 9.53 Å². The number of carbonyl (C=O) groups excluding carboxylic acids is 1. The van der Waals surface area contributed by atoms with Crippen LogP contribution in [0.3, 0.4) is 0 Å². The van der Waals surface area contributed by atoms with Crippen LogP contribution in [-0.4, -0.2) is 18.5 Å². The second-order valence-electron chi connectivity index (χ2n) is 7.94. The van der Waals surface area contributed by atoms with Gasteiger partial charge in [0, 0.05) is 11.3 Å². The minimum atomic E-state index is -0.230. The van der Waals surface area contributed by atoms with Gasteiger partial charge in [0.15, 0.2) is 0 Å². The van der Waals surface area contributed by atoms with Gasteiger partial charge in [0.05, 0.1) is 12.7 Å². The molecule has 0 bridgehead atoms. The van der Waals surface area contributed by atoms with Gasteiger partial charge in [-0.05, 0) is 31.1 Å². The molecule has 0 aliphatic carbocycles. The molecular weight excluding hydrogens is 224 g/mol. The molecule has 2 atom stereocenters. The molecule has 1 rings (SSSR count). The minimum Gasteiger partial charge on any atom is -0.377 e. The van der Waals surface area contributed by atoms with Crippen molar-refractivity contribution in [2.75, 3.05) is 6.61 Å². The van der Waals surface area contributed by atoms with Crippen molar-refractivity contribution in [3.8, 4) is 0 Å². The van der Waals surface area contributed by atoms with Crippen molar-refractivity contribution in [2.45, 2.75) is 73.3 Å². The van der Waals surface area contributed by atoms with Crippen LogP contribution in [0.5, 0.6) is 0 Å². The molecule has 0 spiro atoms. The third-order valence-electron chi connectivity index (χ3n) is 3.70. The first-order valence-corrected chi connectivity index (χ1v) is 7.25. The summed E-state index contributed by atoms with van der Waals surface area (Å²) >= 11 is 0. The second kappa shape index (κ2) is 5.73. The molecule has 18 heavy (non-hydrogen) atoms. The van der Waals surface area contributed by atoms with Crippen molar-refractivity contribution >= 4 is 5.78 Å². The van der Waals surface area contributed by atoms with Crippen LogP contribution in [0.2, 0.25) is 0 Å². The Bertz CT molecular complexity index is 272. The lowest BCUT2D eigenvalue weighted by Crippen LogP contribution is -2.36. The average Bonchev–Trinajstić information content (AvgIpc) is 2.24. The van der Waals surface area contributed by atoms with Crippen LogP contribution in [-0.2, 0) is 9.53 Å². The molecule has 1 aliphatic heterocycles. The first kappa shape index (κ1) is 15.7. The third kappa shape index (κ3) is 5.09. The van der Waals surface area contributed by atoms with E-state index in [-0.39, 0.29) is 11.3 Å². The summed E-state index contributed by atoms with van der Waals surface area (Å²) in [4.78, 5) is 12.2. The Labute approximate surface area is 112 Å². The molecule has 106 valence electrons. The van der Waals surface area contributed by atoms with E-state index in [1.165, 1.54) is 6.42 Å². The lowest BCUT2D eigenvalue weighted by atomic mass is 9.79. The van der Waals surface area contributed by atoms with E-state index < -0.39 is 0 Å². The zero-order valence-electron chi connectivity index (χ0n) is 13.0. The van der Waals surface area contributed by atoms with E-state index in [2.05, 4.69) is 20.8 Å². The lowest BCUT2D eigenvalue weighted by molar-refractivity contribution is -0.137. The van der Waals surface area contributed by atoms with Gasteiger partial charge < -0.3 is 4.74 Å². The van der Waals surface area contributed by atoms with E-state index in [9.17, 15) is 4.79 Å². The van der Waals surface area contributed by atoms with Crippen molar-refractivity contribution in [2.24, 2.45) is 16.7 Å². The topological polar surface area (TPSA) is 26.3 Å². The van der Waals surface area contributed by atoms with Crippen LogP contribution in [0, 0.1) is 16.7 Å². The summed E-state index contributed by atoms with van der Waals surface area (Å²) in [5.74, 6) is 0.479. The van der Waals surface area contributed by atoms with Gasteiger partial charge in [-0.15, -0.1) is 0 Å². The molecule has 0 aromatic rings. The molecule has 0 radical (unpaired) electrons. The highest BCUT2D eigenvalue weighted by Crippen LogP contribution is 2.31. The van der Waals surface area contributed by atoms with Gasteiger partial charge in [-0.1, -0.05) is 41.5 Å². The van der Waals surface area contributed by atoms with Crippen LogP contribution in [0.25, 0.3) is 0 Å². The molecule has 1 heterocycles. The monoisotopic (exact) mass is 254 g/mol. The molecule has 2 nitrogen and oxygen atoms in total. The number of Topliss-reactive ketones (excluding diaryl/α,β-unsaturated/α-hetero) is 1. The van der Waals surface area contributed by atoms with Crippen LogP contribution in [0.4, 0.5) is 0 Å². The molecule has 0 saturated carbocycles. The maximum atomic E-state index is 12.2. The summed E-state index contributed by atoms with van der Waals surface area (Å²) in [7, 11) is 0. The molecule has 0 amide bonds. The van der Waals surface area contributed by atoms with E-state index in [1.54, 1.807) is 0 Å². The number of hydrogen-bond acceptors (Lipinski definition) is 2. The SMILES string of the molecule is CC(C)(C)CCC1CCC(C(=O)C(C)(C)C)CO1. The Morgan fingerprint density at radius 1 is 1.11 bits per heavy atom. The van der Waals surface area contributed by atoms with Crippen molar-refractivity contribution in [1.82, 2.24) is 0 Å². The van der Waals surface area contributed by atoms with Gasteiger partial charge in [0.2, 0.25) is 0 Å². The van der Waals surface area contributed by atoms with Crippen molar-refractivity contribution in [3.63, 3.8) is 0 Å². The van der Waals surface area contributed by atoms with E-state index in [1.807, 2.05) is 20.8 Å². The summed E-state index contributed by atoms with van der Waals surface area (Å²) in [6.45, 7) is 13.4. The van der Waals surface area contributed by atoms with Crippen LogP contribution < -0.4 is 0 Å². The number of ketones is 1. The third-order valence-corrected chi connectivity index (χ3v) is 3.70. The number of ether oxygens (including phenoxy) is 1. The quantitative estimate of drug-likeness (QED) is 0.753. The standard InChI is InChI=1S/C16H30O2/c1-15(2,3)10-9-13-8-7-12(11-18-13)14(17)16(4,5)6/h12-13H,7-11H2,1-6H3. The summed E-state index contributed by atoms with van der Waals surface area (Å²) in [5, 5.41) is 0. The highest BCUT2D eigenvalue weighted by molar-refractivity contribution is 5.86. The maximum absolute atomic E-state index is 12.2. The van der Waals surface area contributed by atoms with Crippen LogP contribution >= 0.6 is 0 Å². The molecule has 2 heteroatoms. The molecule has 1 fully saturated rings. The van der Waals surface area contributed by atoms with Crippen LogP contribution in [0.15, 0.2) is 0 Å². The fourth-order valence-electron chi connectivity index (χ4n) is 2.45. The normalized spacial score (nSPS) is 26.1. The molecule has 0 N–H and O–H groups in total. The Hall–Kier alpha value is -0.370. The minimum absolute atomic E-state index is 0.121. The maximum Gasteiger partial charge on any atom is 0.143 e. The Kier molecular flexibility index (Phi) is 4.99. The van der Waals surface area contributed by atoms with Gasteiger partial charge in [0.25, 0.3) is 0 Å². The van der Waals surface area contributed by atoms with Crippen molar-refractivity contribution in [3.05, 3.63) is 0 Å². The largest absolute Gasteiger partial charge is 0.377 e. The Morgan fingerprint density at radius 2 is 1.72 bits per heavy atom. The number of carbonyl (C=O) groups is 1. The predicted molar refractivity (Wildman–Crippen MR) is 75.6 cm³/mol. The first-order chi connectivity index (χ1) is 8.09. The van der Waals surface area contributed by atoms with Gasteiger partial charge in [0.1, 0.15) is 5.78 Å². The fourth-order valence-corrected chi connectivity index (χ4v) is 2.45. The first-order valence-electron chi connectivity index (χ1n) is 7.25. The molecule has 1 aliphatic rings. The Balaban J connectivity index is 2.35. The molecule has 1 saturated heterocycles. The average molecular weight is 254 g/mol. The summed E-state index contributed by atoms with van der Waals surface area (Å²) < 4.78 is 5.88. The van der Waals surface area contributed by atoms with Gasteiger partial charge in [-0.25, -0.2) is 0 Å². The highest BCUT2D eigenvalue weighted by Gasteiger charge is 2.33. The van der Waals surface area contributed by atoms with Gasteiger partial charge >= 0.3 is 0 Å². The van der Waals surface area contributed by atoms with E-state index in [0.717, 1.165) is 19.3 Å². The summed E-state index contributed by atoms with van der Waals surface area (Å²) in [5.41, 5.74) is 0.147. The smallest absolute Gasteiger partial charge is 0.143 e. The zero-order chi connectivity index (χ0) is 14.0. The van der Waals surface area contributed by atoms with Gasteiger partial charge in [-0.2, -0.15) is 0 Å². The molecular formula is C16H30O2. The van der Waals surface area contributed by atoms with Crippen molar-refractivity contribution in [1.29, 1.82) is 0 Å². The number of hydrogen-bond donors (Lipinski definition) is 0. The molecule has 0 aromatic heterocycles. The molecule has 2 unspecified atom stereocenters. The Morgan fingerprint density at radius 3 is 2.11 bits per heavy atom. The van der Waals surface area contributed by atoms with E-state index >= 15 is 0 Å². The van der Waals surface area contributed by atoms with E-state index in [4.69, 9.17) is 4.74 Å². The fraction of sp³-hybridized carbons (Fsp3) is 0.938. The zero-order valence-corrected chi connectivity index (χ0v) is 13.0. The highest BCUT2D eigenvalue weighted by atomic mass is 16.5. The van der Waals surface area contributed by atoms with Gasteiger partial charge in [-0.3, -0.25) is 4.79 Å². The lowest BCUT2D eigenvalue weighted by Gasteiger charge is -2.33. The molecule has 0 aromatic carbocycles. The summed E-state index contributed by atoms with van der Waals surface area (Å²) in [6, 6.07) is 0. The predicted octanol–water partition coefficient (Wildman–Crippen LogP) is 4.22. The van der Waals surface area contributed by atoms with Crippen LogP contribution in [0.1, 0.15) is 67.2 Å².